The maximum Gasteiger partial charge on any atom is 0.201 e. The van der Waals surface area contributed by atoms with Gasteiger partial charge in [0.2, 0.25) is 5.95 Å². The molecule has 2 N–H and O–H groups in total. The molecule has 17 heavy (non-hydrogen) atoms. The summed E-state index contributed by atoms with van der Waals surface area (Å²) in [4.78, 5) is 4.38. The maximum atomic E-state index is 5.99. The van der Waals surface area contributed by atoms with Crippen LogP contribution < -0.4 is 10.5 Å². The van der Waals surface area contributed by atoms with Crippen molar-refractivity contribution < 1.29 is 4.74 Å². The fourth-order valence-electron chi connectivity index (χ4n) is 2.23. The first-order chi connectivity index (χ1) is 8.17. The number of hydrogen-bond acceptors (Lipinski definition) is 3. The van der Waals surface area contributed by atoms with Crippen LogP contribution in [0.2, 0.25) is 0 Å². The first-order valence-corrected chi connectivity index (χ1v) is 5.98. The van der Waals surface area contributed by atoms with Crippen molar-refractivity contribution in [2.45, 2.75) is 32.7 Å². The lowest BCUT2D eigenvalue weighted by Crippen LogP contribution is -2.08. The van der Waals surface area contributed by atoms with Gasteiger partial charge in [0, 0.05) is 12.1 Å². The summed E-state index contributed by atoms with van der Waals surface area (Å²) in [7, 11) is 1.67. The molecule has 1 aromatic carbocycles. The molecule has 2 rings (SSSR count). The molecule has 1 heterocycles. The Morgan fingerprint density at radius 2 is 2.24 bits per heavy atom. The number of methoxy groups -OCH3 is 1. The summed E-state index contributed by atoms with van der Waals surface area (Å²) >= 11 is 0. The van der Waals surface area contributed by atoms with Crippen molar-refractivity contribution in [1.29, 1.82) is 0 Å². The summed E-state index contributed by atoms with van der Waals surface area (Å²) in [5.74, 6) is 1.41. The third-order valence-electron chi connectivity index (χ3n) is 3.07. The zero-order valence-corrected chi connectivity index (χ0v) is 10.6. The molecule has 0 spiro atoms. The molecular formula is C13H19N3O. The summed E-state index contributed by atoms with van der Waals surface area (Å²) < 4.78 is 7.33. The lowest BCUT2D eigenvalue weighted by Gasteiger charge is -2.15. The minimum absolute atomic E-state index is 0.358. The van der Waals surface area contributed by atoms with Gasteiger partial charge in [0.1, 0.15) is 5.75 Å². The van der Waals surface area contributed by atoms with E-state index < -0.39 is 0 Å². The number of hydrogen-bond donors (Lipinski definition) is 1. The third-order valence-corrected chi connectivity index (χ3v) is 3.07. The molecule has 4 heteroatoms. The molecule has 0 amide bonds. The Kier molecular flexibility index (Phi) is 3.22. The molecule has 0 radical (unpaired) electrons. The summed E-state index contributed by atoms with van der Waals surface area (Å²) in [6.07, 6.45) is 2.22. The smallest absolute Gasteiger partial charge is 0.201 e. The summed E-state index contributed by atoms with van der Waals surface area (Å²) in [5, 5.41) is 0. The quantitative estimate of drug-likeness (QED) is 0.883. The molecule has 0 aliphatic carbocycles. The molecule has 0 fully saturated rings. The average Bonchev–Trinajstić information content (AvgIpc) is 2.64. The Bertz CT molecular complexity index is 519. The van der Waals surface area contributed by atoms with Crippen molar-refractivity contribution >= 4 is 17.0 Å². The van der Waals surface area contributed by atoms with Crippen molar-refractivity contribution in [1.82, 2.24) is 9.55 Å². The van der Waals surface area contributed by atoms with Gasteiger partial charge in [-0.15, -0.1) is 0 Å². The van der Waals surface area contributed by atoms with E-state index in [2.05, 4.69) is 23.4 Å². The highest BCUT2D eigenvalue weighted by atomic mass is 16.5. The third kappa shape index (κ3) is 2.07. The molecule has 1 aromatic heterocycles. The van der Waals surface area contributed by atoms with Crippen LogP contribution in [0.4, 0.5) is 5.95 Å². The molecule has 1 unspecified atom stereocenters. The highest BCUT2D eigenvalue weighted by Crippen LogP contribution is 2.27. The minimum Gasteiger partial charge on any atom is -0.497 e. The van der Waals surface area contributed by atoms with Gasteiger partial charge in [0.15, 0.2) is 0 Å². The van der Waals surface area contributed by atoms with Crippen molar-refractivity contribution in [2.75, 3.05) is 12.8 Å². The number of nitrogens with two attached hydrogens (primary N) is 1. The number of nitrogens with zero attached hydrogens (tertiary/aromatic N) is 2. The van der Waals surface area contributed by atoms with Crippen LogP contribution in [-0.4, -0.2) is 16.7 Å². The summed E-state index contributed by atoms with van der Waals surface area (Å²) in [6, 6.07) is 6.20. The minimum atomic E-state index is 0.358. The van der Waals surface area contributed by atoms with E-state index in [1.165, 1.54) is 0 Å². The van der Waals surface area contributed by atoms with E-state index in [-0.39, 0.29) is 0 Å². The fourth-order valence-corrected chi connectivity index (χ4v) is 2.23. The van der Waals surface area contributed by atoms with Crippen LogP contribution in [0.3, 0.4) is 0 Å². The topological polar surface area (TPSA) is 53.1 Å². The second kappa shape index (κ2) is 4.65. The molecule has 92 valence electrons. The number of nitrogen functional groups attached to an aromatic ring is 1. The average molecular weight is 233 g/mol. The number of rotatable bonds is 4. The van der Waals surface area contributed by atoms with Crippen molar-refractivity contribution in [2.24, 2.45) is 0 Å². The van der Waals surface area contributed by atoms with Gasteiger partial charge in [-0.2, -0.15) is 0 Å². The first-order valence-electron chi connectivity index (χ1n) is 5.98. The van der Waals surface area contributed by atoms with Crippen molar-refractivity contribution in [3.63, 3.8) is 0 Å². The molecule has 0 aliphatic heterocycles. The number of benzene rings is 1. The Morgan fingerprint density at radius 3 is 2.88 bits per heavy atom. The molecule has 4 nitrogen and oxygen atoms in total. The Labute approximate surface area is 101 Å². The SMILES string of the molecule is CCCC(C)n1c(N)nc2ccc(OC)cc21. The first kappa shape index (κ1) is 11.8. The highest BCUT2D eigenvalue weighted by molar-refractivity contribution is 5.80. The molecule has 1 atom stereocenters. The fraction of sp³-hybridized carbons (Fsp3) is 0.462. The molecule has 0 bridgehead atoms. The standard InChI is InChI=1S/C13H19N3O/c1-4-5-9(2)16-12-8-10(17-3)6-7-11(12)15-13(16)14/h6-9H,4-5H2,1-3H3,(H2,14,15). The van der Waals surface area contributed by atoms with Gasteiger partial charge in [-0.3, -0.25) is 0 Å². The van der Waals surface area contributed by atoms with Gasteiger partial charge in [-0.1, -0.05) is 13.3 Å². The second-order valence-corrected chi connectivity index (χ2v) is 4.33. The van der Waals surface area contributed by atoms with Crippen LogP contribution in [-0.2, 0) is 0 Å². The van der Waals surface area contributed by atoms with Gasteiger partial charge in [0.05, 0.1) is 18.1 Å². The normalized spacial score (nSPS) is 12.9. The Balaban J connectivity index is 2.55. The van der Waals surface area contributed by atoms with E-state index in [1.807, 2.05) is 18.2 Å². The number of aromatic nitrogens is 2. The van der Waals surface area contributed by atoms with E-state index in [0.29, 0.717) is 12.0 Å². The van der Waals surface area contributed by atoms with Gasteiger partial charge in [0.25, 0.3) is 0 Å². The summed E-state index contributed by atoms with van der Waals surface area (Å²) in [5.41, 5.74) is 7.95. The monoisotopic (exact) mass is 233 g/mol. The largest absolute Gasteiger partial charge is 0.497 e. The van der Waals surface area contributed by atoms with Crippen LogP contribution in [0, 0.1) is 0 Å². The van der Waals surface area contributed by atoms with E-state index in [9.17, 15) is 0 Å². The highest BCUT2D eigenvalue weighted by Gasteiger charge is 2.13. The lowest BCUT2D eigenvalue weighted by atomic mass is 10.2. The molecule has 2 aromatic rings. The number of anilines is 1. The van der Waals surface area contributed by atoms with E-state index in [1.54, 1.807) is 7.11 Å². The molecule has 0 saturated heterocycles. The van der Waals surface area contributed by atoms with Gasteiger partial charge in [-0.05, 0) is 25.5 Å². The lowest BCUT2D eigenvalue weighted by molar-refractivity contribution is 0.415. The predicted octanol–water partition coefficient (Wildman–Crippen LogP) is 2.99. The van der Waals surface area contributed by atoms with Crippen molar-refractivity contribution in [3.05, 3.63) is 18.2 Å². The molecule has 0 saturated carbocycles. The van der Waals surface area contributed by atoms with E-state index in [0.717, 1.165) is 29.6 Å². The van der Waals surface area contributed by atoms with Crippen LogP contribution in [0.1, 0.15) is 32.7 Å². The van der Waals surface area contributed by atoms with Crippen LogP contribution in [0.5, 0.6) is 5.75 Å². The van der Waals surface area contributed by atoms with E-state index in [4.69, 9.17) is 10.5 Å². The van der Waals surface area contributed by atoms with Crippen LogP contribution in [0.25, 0.3) is 11.0 Å². The number of fused-ring (bicyclic) bond motifs is 1. The second-order valence-electron chi connectivity index (χ2n) is 4.33. The predicted molar refractivity (Wildman–Crippen MR) is 70.3 cm³/mol. The van der Waals surface area contributed by atoms with Gasteiger partial charge in [-0.25, -0.2) is 4.98 Å². The number of imidazole rings is 1. The van der Waals surface area contributed by atoms with Gasteiger partial charge >= 0.3 is 0 Å². The van der Waals surface area contributed by atoms with Crippen molar-refractivity contribution in [3.8, 4) is 5.75 Å². The molecular weight excluding hydrogens is 214 g/mol. The zero-order valence-electron chi connectivity index (χ0n) is 10.6. The summed E-state index contributed by atoms with van der Waals surface area (Å²) in [6.45, 7) is 4.34. The van der Waals surface area contributed by atoms with Gasteiger partial charge < -0.3 is 15.0 Å². The van der Waals surface area contributed by atoms with E-state index >= 15 is 0 Å². The Morgan fingerprint density at radius 1 is 1.47 bits per heavy atom. The zero-order chi connectivity index (χ0) is 12.4. The molecule has 0 aliphatic rings. The van der Waals surface area contributed by atoms with Crippen LogP contribution in [0.15, 0.2) is 18.2 Å². The van der Waals surface area contributed by atoms with Crippen LogP contribution >= 0.6 is 0 Å². The number of ether oxygens (including phenoxy) is 1. The maximum absolute atomic E-state index is 5.99. The Hall–Kier alpha value is -1.71.